The quantitative estimate of drug-likeness (QED) is 0.508. The normalized spacial score (nSPS) is 15.7. The maximum atomic E-state index is 11.2. The monoisotopic (exact) mass is 260 g/mol. The molecule has 4 nitrogen and oxygen atoms in total. The van der Waals surface area contributed by atoms with E-state index in [1.54, 1.807) is 6.92 Å². The minimum Gasteiger partial charge on any atom is -0.481 e. The van der Waals surface area contributed by atoms with E-state index < -0.39 is 23.6 Å². The number of rotatable bonds is 9. The molecule has 108 valence electrons. The fourth-order valence-corrected chi connectivity index (χ4v) is 1.35. The summed E-state index contributed by atoms with van der Waals surface area (Å²) in [5.74, 6) is -1.03. The van der Waals surface area contributed by atoms with E-state index in [1.807, 2.05) is 34.6 Å². The van der Waals surface area contributed by atoms with Gasteiger partial charge in [-0.05, 0) is 33.1 Å². The standard InChI is InChI=1S/C14H28O4/c1-7-8-9-12(13(15)16)11(4)17-18-14(5,6)10(2)3/h10-12H,7-9H2,1-6H3,(H,15,16). The molecule has 0 amide bonds. The van der Waals surface area contributed by atoms with Gasteiger partial charge < -0.3 is 5.11 Å². The van der Waals surface area contributed by atoms with Gasteiger partial charge in [0.1, 0.15) is 11.7 Å². The van der Waals surface area contributed by atoms with Gasteiger partial charge in [0.15, 0.2) is 0 Å². The van der Waals surface area contributed by atoms with Gasteiger partial charge in [-0.2, -0.15) is 0 Å². The number of carbonyl (C=O) groups is 1. The van der Waals surface area contributed by atoms with Crippen molar-refractivity contribution >= 4 is 5.97 Å². The molecule has 18 heavy (non-hydrogen) atoms. The number of aliphatic carboxylic acids is 1. The lowest BCUT2D eigenvalue weighted by Crippen LogP contribution is -2.36. The molecule has 0 aromatic carbocycles. The number of carboxylic acid groups (broad SMARTS) is 1. The third kappa shape index (κ3) is 5.83. The van der Waals surface area contributed by atoms with Crippen LogP contribution < -0.4 is 0 Å². The van der Waals surface area contributed by atoms with Gasteiger partial charge in [0.2, 0.25) is 0 Å². The van der Waals surface area contributed by atoms with Gasteiger partial charge in [-0.3, -0.25) is 4.79 Å². The van der Waals surface area contributed by atoms with E-state index in [0.29, 0.717) is 12.3 Å². The summed E-state index contributed by atoms with van der Waals surface area (Å²) in [6.45, 7) is 11.8. The lowest BCUT2D eigenvalue weighted by molar-refractivity contribution is -0.388. The maximum Gasteiger partial charge on any atom is 0.309 e. The van der Waals surface area contributed by atoms with Crippen molar-refractivity contribution in [3.05, 3.63) is 0 Å². The summed E-state index contributed by atoms with van der Waals surface area (Å²) in [4.78, 5) is 21.9. The predicted molar refractivity (Wildman–Crippen MR) is 71.2 cm³/mol. The van der Waals surface area contributed by atoms with Crippen LogP contribution in [0.4, 0.5) is 0 Å². The van der Waals surface area contributed by atoms with E-state index in [0.717, 1.165) is 12.8 Å². The van der Waals surface area contributed by atoms with Gasteiger partial charge in [0.25, 0.3) is 0 Å². The molecule has 0 saturated carbocycles. The molecule has 0 aliphatic rings. The predicted octanol–water partition coefficient (Wildman–Crippen LogP) is 3.65. The zero-order valence-electron chi connectivity index (χ0n) is 12.5. The first kappa shape index (κ1) is 17.4. The molecule has 0 radical (unpaired) electrons. The van der Waals surface area contributed by atoms with E-state index in [9.17, 15) is 9.90 Å². The van der Waals surface area contributed by atoms with Gasteiger partial charge >= 0.3 is 5.97 Å². The Morgan fingerprint density at radius 3 is 2.22 bits per heavy atom. The van der Waals surface area contributed by atoms with E-state index in [1.165, 1.54) is 0 Å². The topological polar surface area (TPSA) is 55.8 Å². The van der Waals surface area contributed by atoms with Crippen LogP contribution in [0.2, 0.25) is 0 Å². The van der Waals surface area contributed by atoms with Crippen molar-refractivity contribution in [2.45, 2.75) is 72.5 Å². The van der Waals surface area contributed by atoms with Gasteiger partial charge in [-0.1, -0.05) is 33.6 Å². The van der Waals surface area contributed by atoms with Crippen LogP contribution in [0, 0.1) is 11.8 Å². The SMILES string of the molecule is CCCCC(C(=O)O)C(C)OOC(C)(C)C(C)C. The molecule has 0 saturated heterocycles. The molecule has 0 aromatic heterocycles. The Bertz CT molecular complexity index is 248. The number of hydrogen-bond acceptors (Lipinski definition) is 3. The first-order valence-corrected chi connectivity index (χ1v) is 6.79. The van der Waals surface area contributed by atoms with Crippen molar-refractivity contribution in [2.24, 2.45) is 11.8 Å². The second kappa shape index (κ2) is 7.74. The van der Waals surface area contributed by atoms with Crippen LogP contribution in [-0.2, 0) is 14.6 Å². The smallest absolute Gasteiger partial charge is 0.309 e. The molecule has 0 aromatic rings. The molecule has 0 fully saturated rings. The number of hydrogen-bond donors (Lipinski definition) is 1. The Kier molecular flexibility index (Phi) is 7.48. The van der Waals surface area contributed by atoms with Crippen LogP contribution in [-0.4, -0.2) is 22.8 Å². The highest BCUT2D eigenvalue weighted by atomic mass is 17.2. The molecule has 0 heterocycles. The van der Waals surface area contributed by atoms with Crippen LogP contribution in [0.25, 0.3) is 0 Å². The van der Waals surface area contributed by atoms with Crippen LogP contribution in [0.15, 0.2) is 0 Å². The Morgan fingerprint density at radius 2 is 1.83 bits per heavy atom. The highest BCUT2D eigenvalue weighted by Crippen LogP contribution is 2.24. The van der Waals surface area contributed by atoms with Gasteiger partial charge in [0, 0.05) is 0 Å². The van der Waals surface area contributed by atoms with E-state index in [4.69, 9.17) is 9.78 Å². The van der Waals surface area contributed by atoms with Crippen molar-refractivity contribution < 1.29 is 19.7 Å². The average molecular weight is 260 g/mol. The molecule has 2 atom stereocenters. The third-order valence-electron chi connectivity index (χ3n) is 3.56. The summed E-state index contributed by atoms with van der Waals surface area (Å²) in [7, 11) is 0. The summed E-state index contributed by atoms with van der Waals surface area (Å²) in [6.07, 6.45) is 2.05. The maximum absolute atomic E-state index is 11.2. The second-order valence-electron chi connectivity index (χ2n) is 5.73. The molecule has 0 aliphatic carbocycles. The van der Waals surface area contributed by atoms with E-state index in [2.05, 4.69) is 0 Å². The van der Waals surface area contributed by atoms with Gasteiger partial charge in [-0.25, -0.2) is 9.78 Å². The number of unbranched alkanes of at least 4 members (excludes halogenated alkanes) is 1. The first-order valence-electron chi connectivity index (χ1n) is 6.79. The Hall–Kier alpha value is -0.610. The van der Waals surface area contributed by atoms with Crippen LogP contribution in [0.5, 0.6) is 0 Å². The summed E-state index contributed by atoms with van der Waals surface area (Å²) in [5.41, 5.74) is -0.415. The zero-order chi connectivity index (χ0) is 14.3. The highest BCUT2D eigenvalue weighted by molar-refractivity contribution is 5.70. The average Bonchev–Trinajstić information content (AvgIpc) is 2.26. The van der Waals surface area contributed by atoms with Crippen molar-refractivity contribution in [2.75, 3.05) is 0 Å². The second-order valence-corrected chi connectivity index (χ2v) is 5.73. The number of carboxylic acids is 1. The van der Waals surface area contributed by atoms with Crippen LogP contribution >= 0.6 is 0 Å². The molecule has 4 heteroatoms. The largest absolute Gasteiger partial charge is 0.481 e. The lowest BCUT2D eigenvalue weighted by atomic mass is 9.95. The Labute approximate surface area is 111 Å². The molecule has 0 bridgehead atoms. The highest BCUT2D eigenvalue weighted by Gasteiger charge is 2.30. The Balaban J connectivity index is 4.34. The van der Waals surface area contributed by atoms with Crippen molar-refractivity contribution in [3.8, 4) is 0 Å². The minimum atomic E-state index is -0.818. The molecule has 0 rings (SSSR count). The van der Waals surface area contributed by atoms with Crippen molar-refractivity contribution in [1.29, 1.82) is 0 Å². The summed E-state index contributed by atoms with van der Waals surface area (Å²) in [6, 6.07) is 0. The summed E-state index contributed by atoms with van der Waals surface area (Å²) < 4.78 is 0. The minimum absolute atomic E-state index is 0.295. The third-order valence-corrected chi connectivity index (χ3v) is 3.56. The van der Waals surface area contributed by atoms with E-state index in [-0.39, 0.29) is 0 Å². The fraction of sp³-hybridized carbons (Fsp3) is 0.929. The fourth-order valence-electron chi connectivity index (χ4n) is 1.35. The Morgan fingerprint density at radius 1 is 1.28 bits per heavy atom. The van der Waals surface area contributed by atoms with Gasteiger partial charge in [0.05, 0.1) is 5.92 Å². The van der Waals surface area contributed by atoms with Gasteiger partial charge in [-0.15, -0.1) is 0 Å². The molecule has 1 N–H and O–H groups in total. The zero-order valence-corrected chi connectivity index (χ0v) is 12.5. The lowest BCUT2D eigenvalue weighted by Gasteiger charge is -2.30. The summed E-state index contributed by atoms with van der Waals surface area (Å²) >= 11 is 0. The first-order chi connectivity index (χ1) is 8.22. The molecule has 0 spiro atoms. The summed E-state index contributed by atoms with van der Waals surface area (Å²) in [5, 5.41) is 9.17. The molecular formula is C14H28O4. The van der Waals surface area contributed by atoms with Crippen molar-refractivity contribution in [1.82, 2.24) is 0 Å². The molecule has 2 unspecified atom stereocenters. The van der Waals surface area contributed by atoms with Crippen molar-refractivity contribution in [3.63, 3.8) is 0 Å². The molecular weight excluding hydrogens is 232 g/mol. The van der Waals surface area contributed by atoms with Crippen LogP contribution in [0.3, 0.4) is 0 Å². The molecule has 0 aliphatic heterocycles. The van der Waals surface area contributed by atoms with Crippen LogP contribution in [0.1, 0.15) is 60.8 Å². The van der Waals surface area contributed by atoms with E-state index >= 15 is 0 Å².